The highest BCUT2D eigenvalue weighted by atomic mass is 35.5. The number of rotatable bonds is 3. The molecule has 0 fully saturated rings. The van der Waals surface area contributed by atoms with Crippen LogP contribution in [0.3, 0.4) is 0 Å². The zero-order valence-corrected chi connectivity index (χ0v) is 10.8. The van der Waals surface area contributed by atoms with Crippen LogP contribution < -0.4 is 5.32 Å². The van der Waals surface area contributed by atoms with Crippen molar-refractivity contribution in [3.05, 3.63) is 29.1 Å². The highest BCUT2D eigenvalue weighted by Gasteiger charge is 2.15. The summed E-state index contributed by atoms with van der Waals surface area (Å²) in [6.07, 6.45) is 0.561. The van der Waals surface area contributed by atoms with Crippen molar-refractivity contribution in [3.8, 4) is 0 Å². The second-order valence-electron chi connectivity index (χ2n) is 3.74. The van der Waals surface area contributed by atoms with Crippen molar-refractivity contribution >= 4 is 28.8 Å². The normalized spacial score (nSPS) is 12.4. The Morgan fingerprint density at radius 3 is 3.17 bits per heavy atom. The smallest absolute Gasteiger partial charge is 0.407 e. The maximum absolute atomic E-state index is 11.3. The molecule has 6 heteroatoms. The molecule has 18 heavy (non-hydrogen) atoms. The summed E-state index contributed by atoms with van der Waals surface area (Å²) in [5.74, 6) is 0. The Balaban J connectivity index is 2.22. The molecule has 0 radical (unpaired) electrons. The number of ether oxygens (including phenoxy) is 1. The Hall–Kier alpha value is -1.75. The van der Waals surface area contributed by atoms with Crippen molar-refractivity contribution in [1.82, 2.24) is 10.3 Å². The molecule has 2 rings (SSSR count). The summed E-state index contributed by atoms with van der Waals surface area (Å²) in [5.41, 5.74) is 1.76. The van der Waals surface area contributed by atoms with Crippen LogP contribution in [-0.2, 0) is 4.74 Å². The molecule has 1 atom stereocenters. The van der Waals surface area contributed by atoms with Gasteiger partial charge in [-0.3, -0.25) is 0 Å². The minimum atomic E-state index is -0.478. The van der Waals surface area contributed by atoms with Crippen LogP contribution in [0.2, 0.25) is 5.02 Å². The SMILES string of the molecule is CCNC(=O)OC(C)c1cc(Cl)c2occc2n1. The molecule has 0 saturated carbocycles. The number of nitrogens with zero attached hydrogens (tertiary/aromatic N) is 1. The number of hydrogen-bond donors (Lipinski definition) is 1. The Morgan fingerprint density at radius 2 is 2.44 bits per heavy atom. The first-order chi connectivity index (χ1) is 8.61. The molecule has 0 bridgehead atoms. The first-order valence-electron chi connectivity index (χ1n) is 5.60. The second-order valence-corrected chi connectivity index (χ2v) is 4.15. The average Bonchev–Trinajstić information content (AvgIpc) is 2.77. The largest absolute Gasteiger partial charge is 0.461 e. The third-order valence-corrected chi connectivity index (χ3v) is 2.69. The van der Waals surface area contributed by atoms with Crippen molar-refractivity contribution < 1.29 is 13.9 Å². The number of carbonyl (C=O) groups excluding carboxylic acids is 1. The Morgan fingerprint density at radius 1 is 1.67 bits per heavy atom. The summed E-state index contributed by atoms with van der Waals surface area (Å²) < 4.78 is 10.3. The average molecular weight is 269 g/mol. The number of nitrogens with one attached hydrogen (secondary N) is 1. The number of fused-ring (bicyclic) bond motifs is 1. The van der Waals surface area contributed by atoms with Crippen LogP contribution in [0.15, 0.2) is 22.8 Å². The quantitative estimate of drug-likeness (QED) is 0.928. The van der Waals surface area contributed by atoms with Gasteiger partial charge in [-0.25, -0.2) is 9.78 Å². The number of aromatic nitrogens is 1. The lowest BCUT2D eigenvalue weighted by molar-refractivity contribution is 0.105. The number of furan rings is 1. The maximum atomic E-state index is 11.3. The summed E-state index contributed by atoms with van der Waals surface area (Å²) in [4.78, 5) is 15.6. The molecule has 5 nitrogen and oxygen atoms in total. The highest BCUT2D eigenvalue weighted by molar-refractivity contribution is 6.34. The molecule has 1 unspecified atom stereocenters. The van der Waals surface area contributed by atoms with Gasteiger partial charge in [-0.05, 0) is 19.9 Å². The molecule has 0 aliphatic heterocycles. The van der Waals surface area contributed by atoms with Crippen molar-refractivity contribution in [2.75, 3.05) is 6.54 Å². The summed E-state index contributed by atoms with van der Waals surface area (Å²) in [7, 11) is 0. The number of carbonyl (C=O) groups is 1. The number of alkyl carbamates (subject to hydrolysis) is 1. The molecule has 0 spiro atoms. The molecule has 2 aromatic rings. The van der Waals surface area contributed by atoms with E-state index in [0.717, 1.165) is 0 Å². The van der Waals surface area contributed by atoms with Gasteiger partial charge in [0, 0.05) is 12.6 Å². The van der Waals surface area contributed by atoms with Gasteiger partial charge in [0.1, 0.15) is 11.6 Å². The van der Waals surface area contributed by atoms with E-state index >= 15 is 0 Å². The van der Waals surface area contributed by atoms with E-state index < -0.39 is 12.2 Å². The molecular weight excluding hydrogens is 256 g/mol. The summed E-state index contributed by atoms with van der Waals surface area (Å²) in [5, 5.41) is 3.00. The van der Waals surface area contributed by atoms with Gasteiger partial charge in [-0.2, -0.15) is 0 Å². The fourth-order valence-electron chi connectivity index (χ4n) is 1.55. The number of pyridine rings is 1. The minimum Gasteiger partial charge on any atom is -0.461 e. The van der Waals surface area contributed by atoms with Gasteiger partial charge in [0.25, 0.3) is 0 Å². The third-order valence-electron chi connectivity index (χ3n) is 2.41. The summed E-state index contributed by atoms with van der Waals surface area (Å²) in [6.45, 7) is 4.07. The van der Waals surface area contributed by atoms with E-state index in [2.05, 4.69) is 10.3 Å². The summed E-state index contributed by atoms with van der Waals surface area (Å²) in [6, 6.07) is 3.35. The zero-order chi connectivity index (χ0) is 13.1. The Labute approximate surface area is 109 Å². The topological polar surface area (TPSA) is 64.4 Å². The fourth-order valence-corrected chi connectivity index (χ4v) is 1.80. The zero-order valence-electron chi connectivity index (χ0n) is 10.1. The predicted molar refractivity (Wildman–Crippen MR) is 67.6 cm³/mol. The molecule has 0 aliphatic rings. The fraction of sp³-hybridized carbons (Fsp3) is 0.333. The van der Waals surface area contributed by atoms with Crippen molar-refractivity contribution in [1.29, 1.82) is 0 Å². The van der Waals surface area contributed by atoms with Gasteiger partial charge in [0.2, 0.25) is 0 Å². The van der Waals surface area contributed by atoms with Crippen molar-refractivity contribution in [2.24, 2.45) is 0 Å². The van der Waals surface area contributed by atoms with Crippen LogP contribution in [0, 0.1) is 0 Å². The van der Waals surface area contributed by atoms with Gasteiger partial charge in [0.15, 0.2) is 5.58 Å². The van der Waals surface area contributed by atoms with Crippen LogP contribution in [0.5, 0.6) is 0 Å². The van der Waals surface area contributed by atoms with Gasteiger partial charge >= 0.3 is 6.09 Å². The van der Waals surface area contributed by atoms with Crippen LogP contribution in [-0.4, -0.2) is 17.6 Å². The second kappa shape index (κ2) is 5.27. The molecule has 1 N–H and O–H groups in total. The lowest BCUT2D eigenvalue weighted by Crippen LogP contribution is -2.25. The number of halogens is 1. The molecule has 2 aromatic heterocycles. The number of hydrogen-bond acceptors (Lipinski definition) is 4. The molecule has 0 saturated heterocycles. The van der Waals surface area contributed by atoms with E-state index in [1.807, 2.05) is 6.92 Å². The number of amides is 1. The lowest BCUT2D eigenvalue weighted by Gasteiger charge is -2.13. The van der Waals surface area contributed by atoms with Gasteiger partial charge in [-0.15, -0.1) is 0 Å². The first-order valence-corrected chi connectivity index (χ1v) is 5.97. The van der Waals surface area contributed by atoms with E-state index in [4.69, 9.17) is 20.8 Å². The minimum absolute atomic E-state index is 0.450. The monoisotopic (exact) mass is 268 g/mol. The van der Waals surface area contributed by atoms with E-state index in [-0.39, 0.29) is 0 Å². The first kappa shape index (κ1) is 12.7. The van der Waals surface area contributed by atoms with Crippen LogP contribution in [0.1, 0.15) is 25.6 Å². The van der Waals surface area contributed by atoms with Gasteiger partial charge in [0.05, 0.1) is 17.0 Å². The molecular formula is C12H13ClN2O3. The van der Waals surface area contributed by atoms with Gasteiger partial charge in [-0.1, -0.05) is 11.6 Å². The Bertz CT molecular complexity index is 567. The molecule has 96 valence electrons. The summed E-state index contributed by atoms with van der Waals surface area (Å²) >= 11 is 6.06. The van der Waals surface area contributed by atoms with E-state index in [1.54, 1.807) is 19.1 Å². The van der Waals surface area contributed by atoms with Gasteiger partial charge < -0.3 is 14.5 Å². The van der Waals surface area contributed by atoms with Crippen molar-refractivity contribution in [2.45, 2.75) is 20.0 Å². The van der Waals surface area contributed by atoms with Crippen LogP contribution >= 0.6 is 11.6 Å². The lowest BCUT2D eigenvalue weighted by atomic mass is 10.2. The highest BCUT2D eigenvalue weighted by Crippen LogP contribution is 2.27. The van der Waals surface area contributed by atoms with E-state index in [1.165, 1.54) is 6.26 Å². The predicted octanol–water partition coefficient (Wildman–Crippen LogP) is 3.29. The third kappa shape index (κ3) is 2.56. The maximum Gasteiger partial charge on any atom is 0.407 e. The molecule has 0 aromatic carbocycles. The van der Waals surface area contributed by atoms with Crippen LogP contribution in [0.25, 0.3) is 11.1 Å². The molecule has 1 amide bonds. The molecule has 0 aliphatic carbocycles. The Kier molecular flexibility index (Phi) is 3.72. The van der Waals surface area contributed by atoms with E-state index in [0.29, 0.717) is 28.4 Å². The standard InChI is InChI=1S/C12H13ClN2O3/c1-3-14-12(16)18-7(2)10-6-8(13)11-9(15-10)4-5-17-11/h4-7H,3H2,1-2H3,(H,14,16). The van der Waals surface area contributed by atoms with Crippen LogP contribution in [0.4, 0.5) is 4.79 Å². The van der Waals surface area contributed by atoms with Crippen molar-refractivity contribution in [3.63, 3.8) is 0 Å². The molecule has 2 heterocycles. The van der Waals surface area contributed by atoms with E-state index in [9.17, 15) is 4.79 Å².